The lowest BCUT2D eigenvalue weighted by Crippen LogP contribution is -2.15. The SMILES string of the molecule is COc1cccc(Oc2ccc(NC(=O)CCn3nnnc3C)cn2)c1. The molecule has 9 heteroatoms. The fourth-order valence-corrected chi connectivity index (χ4v) is 2.19. The summed E-state index contributed by atoms with van der Waals surface area (Å²) in [4.78, 5) is 16.2. The van der Waals surface area contributed by atoms with Crippen LogP contribution in [0.15, 0.2) is 42.6 Å². The van der Waals surface area contributed by atoms with Crippen molar-refractivity contribution in [2.45, 2.75) is 19.9 Å². The van der Waals surface area contributed by atoms with Gasteiger partial charge in [-0.2, -0.15) is 0 Å². The van der Waals surface area contributed by atoms with Crippen LogP contribution >= 0.6 is 0 Å². The topological polar surface area (TPSA) is 104 Å². The standard InChI is InChI=1S/C17H18N6O3/c1-12-20-21-22-23(12)9-8-16(24)19-13-6-7-17(18-11-13)26-15-5-3-4-14(10-15)25-2/h3-7,10-11H,8-9H2,1-2H3,(H,19,24). The molecule has 0 aliphatic rings. The number of benzene rings is 1. The molecule has 0 bridgehead atoms. The summed E-state index contributed by atoms with van der Waals surface area (Å²) in [6.45, 7) is 2.19. The van der Waals surface area contributed by atoms with Crippen LogP contribution in [0, 0.1) is 6.92 Å². The highest BCUT2D eigenvalue weighted by Gasteiger charge is 2.07. The molecule has 134 valence electrons. The lowest BCUT2D eigenvalue weighted by molar-refractivity contribution is -0.116. The number of rotatable bonds is 7. The van der Waals surface area contributed by atoms with E-state index in [4.69, 9.17) is 9.47 Å². The highest BCUT2D eigenvalue weighted by Crippen LogP contribution is 2.24. The summed E-state index contributed by atoms with van der Waals surface area (Å²) in [6, 6.07) is 10.6. The van der Waals surface area contributed by atoms with Crippen molar-refractivity contribution in [3.05, 3.63) is 48.4 Å². The third-order valence-electron chi connectivity index (χ3n) is 3.55. The van der Waals surface area contributed by atoms with Crippen LogP contribution in [0.25, 0.3) is 0 Å². The maximum Gasteiger partial charge on any atom is 0.226 e. The van der Waals surface area contributed by atoms with Crippen molar-refractivity contribution in [2.24, 2.45) is 0 Å². The van der Waals surface area contributed by atoms with Crippen LogP contribution in [0.5, 0.6) is 17.4 Å². The van der Waals surface area contributed by atoms with Gasteiger partial charge in [0.05, 0.1) is 25.5 Å². The van der Waals surface area contributed by atoms with Crippen LogP contribution in [0.2, 0.25) is 0 Å². The number of anilines is 1. The van der Waals surface area contributed by atoms with Crippen LogP contribution < -0.4 is 14.8 Å². The number of tetrazole rings is 1. The molecule has 1 N–H and O–H groups in total. The van der Waals surface area contributed by atoms with Crippen molar-refractivity contribution in [3.8, 4) is 17.4 Å². The van der Waals surface area contributed by atoms with Gasteiger partial charge in [-0.05, 0) is 35.5 Å². The zero-order valence-electron chi connectivity index (χ0n) is 14.4. The highest BCUT2D eigenvalue weighted by molar-refractivity contribution is 5.90. The molecule has 2 heterocycles. The van der Waals surface area contributed by atoms with E-state index in [0.717, 1.165) is 0 Å². The maximum absolute atomic E-state index is 12.0. The van der Waals surface area contributed by atoms with Crippen LogP contribution in [-0.4, -0.2) is 38.2 Å². The minimum absolute atomic E-state index is 0.150. The van der Waals surface area contributed by atoms with Gasteiger partial charge in [0.2, 0.25) is 11.8 Å². The summed E-state index contributed by atoms with van der Waals surface area (Å²) in [5.74, 6) is 2.25. The number of nitrogens with zero attached hydrogens (tertiary/aromatic N) is 5. The van der Waals surface area contributed by atoms with Gasteiger partial charge in [0, 0.05) is 18.6 Å². The lowest BCUT2D eigenvalue weighted by Gasteiger charge is -2.08. The Hall–Kier alpha value is -3.49. The molecule has 0 unspecified atom stereocenters. The Kier molecular flexibility index (Phi) is 5.37. The van der Waals surface area contributed by atoms with Crippen LogP contribution in [-0.2, 0) is 11.3 Å². The normalized spacial score (nSPS) is 10.4. The second-order valence-electron chi connectivity index (χ2n) is 5.41. The predicted octanol–water partition coefficient (Wildman–Crippen LogP) is 2.21. The van der Waals surface area contributed by atoms with Crippen molar-refractivity contribution in [3.63, 3.8) is 0 Å². The Balaban J connectivity index is 1.53. The van der Waals surface area contributed by atoms with E-state index in [-0.39, 0.29) is 12.3 Å². The molecule has 9 nitrogen and oxygen atoms in total. The summed E-state index contributed by atoms with van der Waals surface area (Å²) in [5.41, 5.74) is 0.585. The van der Waals surface area contributed by atoms with Crippen LogP contribution in [0.4, 0.5) is 5.69 Å². The smallest absolute Gasteiger partial charge is 0.226 e. The molecule has 0 saturated heterocycles. The van der Waals surface area contributed by atoms with E-state index in [9.17, 15) is 4.79 Å². The number of carbonyl (C=O) groups excluding carboxylic acids is 1. The van der Waals surface area contributed by atoms with Crippen molar-refractivity contribution in [1.82, 2.24) is 25.2 Å². The Morgan fingerprint density at radius 1 is 1.23 bits per heavy atom. The van der Waals surface area contributed by atoms with E-state index in [0.29, 0.717) is 35.4 Å². The molecule has 0 aliphatic carbocycles. The second-order valence-corrected chi connectivity index (χ2v) is 5.41. The Labute approximate surface area is 150 Å². The molecule has 0 spiro atoms. The summed E-state index contributed by atoms with van der Waals surface area (Å²) in [7, 11) is 1.59. The fraction of sp³-hybridized carbons (Fsp3) is 0.235. The minimum atomic E-state index is -0.150. The Morgan fingerprint density at radius 3 is 2.77 bits per heavy atom. The van der Waals surface area contributed by atoms with E-state index >= 15 is 0 Å². The van der Waals surface area contributed by atoms with E-state index in [1.54, 1.807) is 43.0 Å². The molecular formula is C17H18N6O3. The predicted molar refractivity (Wildman–Crippen MR) is 93.1 cm³/mol. The van der Waals surface area contributed by atoms with Crippen LogP contribution in [0.3, 0.4) is 0 Å². The monoisotopic (exact) mass is 354 g/mol. The molecule has 3 aromatic rings. The molecule has 0 fully saturated rings. The van der Waals surface area contributed by atoms with Gasteiger partial charge in [-0.1, -0.05) is 6.07 Å². The summed E-state index contributed by atoms with van der Waals surface area (Å²) < 4.78 is 12.4. The molecule has 1 amide bonds. The van der Waals surface area contributed by atoms with Gasteiger partial charge in [-0.25, -0.2) is 9.67 Å². The van der Waals surface area contributed by atoms with Crippen molar-refractivity contribution < 1.29 is 14.3 Å². The molecule has 0 aliphatic heterocycles. The van der Waals surface area contributed by atoms with Gasteiger partial charge in [-0.15, -0.1) is 5.10 Å². The molecule has 3 rings (SSSR count). The first-order valence-electron chi connectivity index (χ1n) is 7.94. The van der Waals surface area contributed by atoms with Gasteiger partial charge >= 0.3 is 0 Å². The average molecular weight is 354 g/mol. The lowest BCUT2D eigenvalue weighted by atomic mass is 10.3. The Morgan fingerprint density at radius 2 is 2.08 bits per heavy atom. The number of pyridine rings is 1. The zero-order chi connectivity index (χ0) is 18.4. The molecule has 0 radical (unpaired) electrons. The first-order chi connectivity index (χ1) is 12.6. The fourth-order valence-electron chi connectivity index (χ4n) is 2.19. The van der Waals surface area contributed by atoms with Crippen molar-refractivity contribution in [2.75, 3.05) is 12.4 Å². The average Bonchev–Trinajstić information content (AvgIpc) is 3.07. The van der Waals surface area contributed by atoms with Gasteiger partial charge in [-0.3, -0.25) is 4.79 Å². The third-order valence-corrected chi connectivity index (χ3v) is 3.55. The number of hydrogen-bond acceptors (Lipinski definition) is 7. The first-order valence-corrected chi connectivity index (χ1v) is 7.94. The van der Waals surface area contributed by atoms with E-state index in [2.05, 4.69) is 25.8 Å². The largest absolute Gasteiger partial charge is 0.497 e. The van der Waals surface area contributed by atoms with E-state index in [1.165, 1.54) is 6.20 Å². The van der Waals surface area contributed by atoms with Gasteiger partial charge in [0.1, 0.15) is 17.3 Å². The van der Waals surface area contributed by atoms with Gasteiger partial charge in [0.15, 0.2) is 0 Å². The first kappa shape index (κ1) is 17.3. The number of ether oxygens (including phenoxy) is 2. The molecule has 0 saturated carbocycles. The summed E-state index contributed by atoms with van der Waals surface area (Å²) >= 11 is 0. The second kappa shape index (κ2) is 8.06. The maximum atomic E-state index is 12.0. The summed E-state index contributed by atoms with van der Waals surface area (Å²) in [6.07, 6.45) is 1.80. The molecule has 26 heavy (non-hydrogen) atoms. The summed E-state index contributed by atoms with van der Waals surface area (Å²) in [5, 5.41) is 13.9. The number of amides is 1. The number of aromatic nitrogens is 5. The number of methoxy groups -OCH3 is 1. The third kappa shape index (κ3) is 4.53. The van der Waals surface area contributed by atoms with Crippen LogP contribution in [0.1, 0.15) is 12.2 Å². The van der Waals surface area contributed by atoms with E-state index < -0.39 is 0 Å². The van der Waals surface area contributed by atoms with Crippen molar-refractivity contribution in [1.29, 1.82) is 0 Å². The number of aryl methyl sites for hydroxylation is 2. The molecule has 2 aromatic heterocycles. The van der Waals surface area contributed by atoms with Gasteiger partial charge < -0.3 is 14.8 Å². The number of carbonyl (C=O) groups is 1. The highest BCUT2D eigenvalue weighted by atomic mass is 16.5. The quantitative estimate of drug-likeness (QED) is 0.693. The van der Waals surface area contributed by atoms with Gasteiger partial charge in [0.25, 0.3) is 0 Å². The number of nitrogens with one attached hydrogen (secondary N) is 1. The van der Waals surface area contributed by atoms with Crippen molar-refractivity contribution >= 4 is 11.6 Å². The molecule has 1 aromatic carbocycles. The Bertz CT molecular complexity index is 878. The number of hydrogen-bond donors (Lipinski definition) is 1. The zero-order valence-corrected chi connectivity index (χ0v) is 14.4. The molecule has 0 atom stereocenters. The van der Waals surface area contributed by atoms with E-state index in [1.807, 2.05) is 12.1 Å². The minimum Gasteiger partial charge on any atom is -0.497 e. The molecular weight excluding hydrogens is 336 g/mol.